The van der Waals surface area contributed by atoms with E-state index in [0.717, 1.165) is 38.2 Å². The summed E-state index contributed by atoms with van der Waals surface area (Å²) in [5, 5.41) is 4.83. The Morgan fingerprint density at radius 2 is 2.03 bits per heavy atom. The highest BCUT2D eigenvalue weighted by atomic mass is 32.2. The van der Waals surface area contributed by atoms with Gasteiger partial charge in [-0.15, -0.1) is 5.10 Å². The molecule has 1 aromatic heterocycles. The first-order valence-electron chi connectivity index (χ1n) is 9.78. The molecule has 0 radical (unpaired) electrons. The summed E-state index contributed by atoms with van der Waals surface area (Å²) < 4.78 is 18.4. The second-order valence-corrected chi connectivity index (χ2v) is 8.61. The summed E-state index contributed by atoms with van der Waals surface area (Å²) in [6, 6.07) is 14.0. The summed E-state index contributed by atoms with van der Waals surface area (Å²) >= 11 is 1.64. The van der Waals surface area contributed by atoms with Crippen molar-refractivity contribution >= 4 is 28.7 Å². The zero-order valence-corrected chi connectivity index (χ0v) is 18.7. The van der Waals surface area contributed by atoms with E-state index in [0.29, 0.717) is 0 Å². The molecule has 7 N–H and O–H groups in total. The highest BCUT2D eigenvalue weighted by Gasteiger charge is 2.18. The van der Waals surface area contributed by atoms with Gasteiger partial charge in [0.15, 0.2) is 5.84 Å². The molecule has 0 aliphatic heterocycles. The topological polar surface area (TPSA) is 111 Å². The average Bonchev–Trinajstić information content (AvgIpc) is 2.99. The first-order chi connectivity index (χ1) is 14.8. The molecule has 0 amide bonds. The highest BCUT2D eigenvalue weighted by Crippen LogP contribution is 2.37. The first kappa shape index (κ1) is 22.8. The Hall–Kier alpha value is -2.85. The van der Waals surface area contributed by atoms with Gasteiger partial charge in [0, 0.05) is 39.2 Å². The number of halogens is 1. The van der Waals surface area contributed by atoms with Crippen molar-refractivity contribution in [2.24, 2.45) is 22.4 Å². The smallest absolute Gasteiger partial charge is 0.152 e. The lowest BCUT2D eigenvalue weighted by Crippen LogP contribution is -2.22. The number of benzene rings is 2. The van der Waals surface area contributed by atoms with Crippen LogP contribution in [0, 0.1) is 6.92 Å². The van der Waals surface area contributed by atoms with Crippen molar-refractivity contribution in [2.75, 3.05) is 20.6 Å². The van der Waals surface area contributed by atoms with Gasteiger partial charge in [-0.05, 0) is 74.9 Å². The van der Waals surface area contributed by atoms with E-state index in [1.807, 2.05) is 54.2 Å². The Bertz CT molecular complexity index is 1130. The maximum atomic E-state index is 14.4. The van der Waals surface area contributed by atoms with Crippen molar-refractivity contribution in [3.63, 3.8) is 0 Å². The van der Waals surface area contributed by atoms with Crippen LogP contribution in [0.15, 0.2) is 64.4 Å². The lowest BCUT2D eigenvalue weighted by atomic mass is 10.0. The molecule has 3 aromatic rings. The molecule has 0 aliphatic rings. The Kier molecular flexibility index (Phi) is 7.34. The third-order valence-electron chi connectivity index (χ3n) is 4.86. The lowest BCUT2D eigenvalue weighted by molar-refractivity contribution is 0.555. The number of amidine groups is 1. The van der Waals surface area contributed by atoms with E-state index in [4.69, 9.17) is 17.3 Å². The van der Waals surface area contributed by atoms with Gasteiger partial charge in [-0.1, -0.05) is 12.1 Å². The van der Waals surface area contributed by atoms with Crippen molar-refractivity contribution in [3.05, 3.63) is 65.6 Å². The molecule has 0 unspecified atom stereocenters. The predicted molar refractivity (Wildman–Crippen MR) is 128 cm³/mol. The fourth-order valence-corrected chi connectivity index (χ4v) is 4.35. The molecule has 7 nitrogen and oxygen atoms in total. The molecule has 3 rings (SSSR count). The van der Waals surface area contributed by atoms with Crippen LogP contribution in [0.2, 0.25) is 0 Å². The number of hydrazone groups is 1. The minimum atomic E-state index is -0.275. The van der Waals surface area contributed by atoms with E-state index >= 15 is 0 Å². The minimum absolute atomic E-state index is 0.110. The number of nitrogens with zero attached hydrogens (tertiary/aromatic N) is 3. The highest BCUT2D eigenvalue weighted by molar-refractivity contribution is 7.97. The molecule has 1 heterocycles. The van der Waals surface area contributed by atoms with Crippen LogP contribution in [-0.2, 0) is 6.54 Å². The summed E-state index contributed by atoms with van der Waals surface area (Å²) in [7, 11) is 4.00. The molecular weight excluding hydrogens is 413 g/mol. The maximum absolute atomic E-state index is 14.4. The average molecular weight is 442 g/mol. The number of aromatic nitrogens is 1. The van der Waals surface area contributed by atoms with Crippen molar-refractivity contribution in [3.8, 4) is 11.1 Å². The number of hydrogen-bond acceptors (Lipinski definition) is 6. The zero-order chi connectivity index (χ0) is 22.5. The summed E-state index contributed by atoms with van der Waals surface area (Å²) in [6.07, 6.45) is 1.39. The molecule has 0 bridgehead atoms. The summed E-state index contributed by atoms with van der Waals surface area (Å²) in [4.78, 5) is 1.11. The van der Waals surface area contributed by atoms with Gasteiger partial charge in [-0.25, -0.2) is 15.8 Å². The van der Waals surface area contributed by atoms with E-state index in [2.05, 4.69) is 28.8 Å². The van der Waals surface area contributed by atoms with Crippen molar-refractivity contribution in [2.45, 2.75) is 18.4 Å². The molecule has 0 fully saturated rings. The Morgan fingerprint density at radius 1 is 1.26 bits per heavy atom. The van der Waals surface area contributed by atoms with E-state index < -0.39 is 0 Å². The number of allylic oxidation sites excluding steroid dienone is 1. The van der Waals surface area contributed by atoms with Crippen LogP contribution in [0.5, 0.6) is 0 Å². The molecule has 0 saturated carbocycles. The van der Waals surface area contributed by atoms with Gasteiger partial charge in [0.05, 0.1) is 6.54 Å². The third-order valence-corrected chi connectivity index (χ3v) is 5.69. The second-order valence-electron chi connectivity index (χ2n) is 7.22. The molecular formula is C22H28FN7S. The number of nitrogens with two attached hydrogens (primary N) is 3. The van der Waals surface area contributed by atoms with Crippen LogP contribution in [0.3, 0.4) is 0 Å². The molecule has 31 heavy (non-hydrogen) atoms. The van der Waals surface area contributed by atoms with Crippen LogP contribution >= 0.6 is 11.9 Å². The van der Waals surface area contributed by atoms with Gasteiger partial charge in [0.1, 0.15) is 5.83 Å². The first-order valence-corrected chi connectivity index (χ1v) is 10.5. The predicted octanol–water partition coefficient (Wildman–Crippen LogP) is 3.08. The van der Waals surface area contributed by atoms with Crippen LogP contribution in [0.1, 0.15) is 11.3 Å². The summed E-state index contributed by atoms with van der Waals surface area (Å²) in [5.74, 6) is 5.28. The molecule has 2 aromatic carbocycles. The van der Waals surface area contributed by atoms with E-state index in [1.54, 1.807) is 11.9 Å². The van der Waals surface area contributed by atoms with Gasteiger partial charge >= 0.3 is 0 Å². The second kappa shape index (κ2) is 9.97. The largest absolute Gasteiger partial charge is 0.382 e. The monoisotopic (exact) mass is 441 g/mol. The van der Waals surface area contributed by atoms with Crippen LogP contribution in [-0.4, -0.2) is 35.3 Å². The number of fused-ring (bicyclic) bond motifs is 1. The fraction of sp³-hybridized carbons (Fsp3) is 0.227. The molecule has 0 saturated heterocycles. The van der Waals surface area contributed by atoms with Gasteiger partial charge in [0.25, 0.3) is 0 Å². The standard InChI is InChI=1S/C22H28FN7S/c1-14-21(15-5-4-6-18(11-15)31-29(2)3)19-12-16(22(25)27-28-26)7-8-20(19)30(14)13-17(23)9-10-24/h4-9,11-12,28H,10,13,24,26H2,1-3H3,(H2,25,27)/b17-9-. The lowest BCUT2D eigenvalue weighted by Gasteiger charge is -2.11. The number of rotatable bonds is 8. The zero-order valence-electron chi connectivity index (χ0n) is 17.9. The molecule has 0 spiro atoms. The van der Waals surface area contributed by atoms with Crippen molar-refractivity contribution in [1.82, 2.24) is 14.4 Å². The van der Waals surface area contributed by atoms with Crippen molar-refractivity contribution in [1.29, 1.82) is 0 Å². The Morgan fingerprint density at radius 3 is 2.71 bits per heavy atom. The van der Waals surface area contributed by atoms with E-state index in [1.165, 1.54) is 6.08 Å². The molecule has 0 atom stereocenters. The van der Waals surface area contributed by atoms with Crippen LogP contribution < -0.4 is 22.8 Å². The van der Waals surface area contributed by atoms with E-state index in [9.17, 15) is 4.39 Å². The van der Waals surface area contributed by atoms with Crippen LogP contribution in [0.25, 0.3) is 22.0 Å². The third kappa shape index (κ3) is 5.08. The van der Waals surface area contributed by atoms with Crippen LogP contribution in [0.4, 0.5) is 4.39 Å². The minimum Gasteiger partial charge on any atom is -0.382 e. The van der Waals surface area contributed by atoms with Gasteiger partial charge in [-0.2, -0.15) is 0 Å². The number of hydrazine groups is 1. The normalized spacial score (nSPS) is 12.7. The van der Waals surface area contributed by atoms with E-state index in [-0.39, 0.29) is 24.8 Å². The number of nitrogens with one attached hydrogen (secondary N) is 1. The number of hydrogen-bond donors (Lipinski definition) is 4. The Balaban J connectivity index is 2.25. The quantitative estimate of drug-likeness (QED) is 0.141. The maximum Gasteiger partial charge on any atom is 0.152 e. The van der Waals surface area contributed by atoms with Gasteiger partial charge in [-0.3, -0.25) is 4.31 Å². The molecule has 164 valence electrons. The fourth-order valence-electron chi connectivity index (χ4n) is 3.61. The van der Waals surface area contributed by atoms with Gasteiger partial charge in [0.2, 0.25) is 0 Å². The molecule has 9 heteroatoms. The SMILES string of the molecule is Cc1c(-c2cccc(SN(C)C)c2)c2cc(/C(N)=N/NN)ccc2n1C/C(F)=C/CN. The van der Waals surface area contributed by atoms with Gasteiger partial charge < -0.3 is 16.0 Å². The summed E-state index contributed by atoms with van der Waals surface area (Å²) in [6.45, 7) is 2.26. The summed E-state index contributed by atoms with van der Waals surface area (Å²) in [5.41, 5.74) is 18.4. The van der Waals surface area contributed by atoms with Crippen molar-refractivity contribution < 1.29 is 4.39 Å². The Labute approximate surface area is 185 Å². The molecule has 0 aliphatic carbocycles.